The van der Waals surface area contributed by atoms with Crippen molar-refractivity contribution in [3.8, 4) is 28.8 Å². The normalized spacial score (nSPS) is 19.0. The van der Waals surface area contributed by atoms with E-state index >= 15 is 0 Å². The number of hydrogen-bond donors (Lipinski definition) is 1. The van der Waals surface area contributed by atoms with Crippen LogP contribution >= 0.6 is 0 Å². The van der Waals surface area contributed by atoms with Gasteiger partial charge >= 0.3 is 0 Å². The largest absolute Gasteiger partial charge is 0.487 e. The fraction of sp³-hybridized carbons (Fsp3) is 0.543. The molecule has 2 fully saturated rings. The van der Waals surface area contributed by atoms with Gasteiger partial charge in [0.1, 0.15) is 36.3 Å². The summed E-state index contributed by atoms with van der Waals surface area (Å²) in [7, 11) is 0. The summed E-state index contributed by atoms with van der Waals surface area (Å²) in [6, 6.07) is 8.58. The molecule has 1 atom stereocenters. The maximum absolute atomic E-state index is 9.68. The minimum atomic E-state index is -0.230. The predicted molar refractivity (Wildman–Crippen MR) is 183 cm³/mol. The van der Waals surface area contributed by atoms with Crippen LogP contribution < -0.4 is 14.8 Å². The number of ether oxygens (including phenoxy) is 4. The Morgan fingerprint density at radius 2 is 1.80 bits per heavy atom. The number of hydrogen-bond acceptors (Lipinski definition) is 12. The van der Waals surface area contributed by atoms with Crippen molar-refractivity contribution in [3.05, 3.63) is 55.0 Å². The van der Waals surface area contributed by atoms with E-state index in [4.69, 9.17) is 24.0 Å². The van der Waals surface area contributed by atoms with Crippen LogP contribution in [0.1, 0.15) is 64.5 Å². The van der Waals surface area contributed by atoms with E-state index in [-0.39, 0.29) is 12.2 Å². The maximum atomic E-state index is 9.68. The van der Waals surface area contributed by atoms with Gasteiger partial charge in [0, 0.05) is 43.5 Å². The molecule has 0 radical (unpaired) electrons. The number of nitrogens with one attached hydrogen (secondary N) is 1. The molecular weight excluding hydrogens is 624 g/mol. The summed E-state index contributed by atoms with van der Waals surface area (Å²) in [4.78, 5) is 15.8. The van der Waals surface area contributed by atoms with E-state index in [1.54, 1.807) is 29.5 Å². The van der Waals surface area contributed by atoms with Crippen LogP contribution in [0.15, 0.2) is 49.4 Å². The third kappa shape index (κ3) is 9.32. The molecule has 4 heterocycles. The molecule has 1 aliphatic heterocycles. The fourth-order valence-corrected chi connectivity index (χ4v) is 6.33. The van der Waals surface area contributed by atoms with Crippen molar-refractivity contribution < 1.29 is 18.9 Å². The summed E-state index contributed by atoms with van der Waals surface area (Å²) < 4.78 is 27.3. The van der Waals surface area contributed by atoms with Crippen molar-refractivity contribution in [2.45, 2.75) is 83.7 Å². The highest BCUT2D eigenvalue weighted by Crippen LogP contribution is 2.35. The smallest absolute Gasteiger partial charge is 0.256 e. The molecule has 260 valence electrons. The molecule has 1 saturated carbocycles. The average molecular weight is 671 g/mol. The lowest BCUT2D eigenvalue weighted by Crippen LogP contribution is -2.45. The Morgan fingerprint density at radius 3 is 2.51 bits per heavy atom. The molecule has 6 rings (SSSR count). The van der Waals surface area contributed by atoms with E-state index in [1.807, 2.05) is 43.8 Å². The second kappa shape index (κ2) is 16.7. The van der Waals surface area contributed by atoms with Gasteiger partial charge in [0.25, 0.3) is 5.88 Å². The third-order valence-electron chi connectivity index (χ3n) is 8.85. The van der Waals surface area contributed by atoms with Crippen molar-refractivity contribution in [3.63, 3.8) is 0 Å². The van der Waals surface area contributed by atoms with Gasteiger partial charge in [0.2, 0.25) is 5.95 Å². The van der Waals surface area contributed by atoms with Gasteiger partial charge in [-0.3, -0.25) is 9.58 Å². The van der Waals surface area contributed by atoms with Crippen LogP contribution in [0.25, 0.3) is 11.1 Å². The first-order valence-electron chi connectivity index (χ1n) is 17.2. The number of benzene rings is 1. The minimum absolute atomic E-state index is 0.182. The van der Waals surface area contributed by atoms with Crippen LogP contribution in [0.3, 0.4) is 0 Å². The first-order chi connectivity index (χ1) is 23.9. The van der Waals surface area contributed by atoms with Crippen LogP contribution in [-0.4, -0.2) is 97.2 Å². The van der Waals surface area contributed by atoms with Crippen molar-refractivity contribution in [1.29, 1.82) is 5.26 Å². The lowest BCUT2D eigenvalue weighted by molar-refractivity contribution is 0.00502. The number of aromatic nitrogens is 7. The molecule has 0 unspecified atom stereocenters. The lowest BCUT2D eigenvalue weighted by Gasteiger charge is -2.38. The quantitative estimate of drug-likeness (QED) is 0.169. The van der Waals surface area contributed by atoms with Crippen LogP contribution in [0, 0.1) is 11.3 Å². The molecule has 49 heavy (non-hydrogen) atoms. The van der Waals surface area contributed by atoms with Gasteiger partial charge in [-0.05, 0) is 64.2 Å². The van der Waals surface area contributed by atoms with Gasteiger partial charge < -0.3 is 24.3 Å². The number of rotatable bonds is 15. The van der Waals surface area contributed by atoms with E-state index in [1.165, 1.54) is 6.33 Å². The van der Waals surface area contributed by atoms with E-state index < -0.39 is 0 Å². The summed E-state index contributed by atoms with van der Waals surface area (Å²) in [5.41, 5.74) is 2.80. The van der Waals surface area contributed by atoms with Crippen molar-refractivity contribution in [1.82, 2.24) is 39.4 Å². The molecule has 14 heteroatoms. The molecule has 1 aromatic carbocycles. The molecule has 1 aliphatic carbocycles. The number of anilines is 2. The van der Waals surface area contributed by atoms with Gasteiger partial charge in [-0.15, -0.1) is 5.10 Å². The topological polar surface area (TPSA) is 150 Å². The number of nitriles is 1. The summed E-state index contributed by atoms with van der Waals surface area (Å²) in [6.45, 7) is 11.3. The van der Waals surface area contributed by atoms with E-state index in [2.05, 4.69) is 36.3 Å². The standard InChI is InChI=1S/C35H46N10O4/c1-25(2)47-13-4-14-48-34-32(22-45(42-34)31-9-7-30(8-10-31)43-11-15-46-16-12-43)41-35-38-19-29(20-39-35)27-5-6-28(18-36)33(17-27)49-26(3)21-44-24-37-23-40-44/h5-6,17,19-20,22-26,30-31H,4,7-16,21H2,1-3H3,(H,38,39,41)/t26-,30-,31-/m0/s1. The van der Waals surface area contributed by atoms with E-state index in [9.17, 15) is 5.26 Å². The van der Waals surface area contributed by atoms with Gasteiger partial charge in [-0.2, -0.15) is 10.4 Å². The van der Waals surface area contributed by atoms with Crippen LogP contribution in [-0.2, 0) is 16.0 Å². The molecule has 14 nitrogen and oxygen atoms in total. The molecule has 0 spiro atoms. The van der Waals surface area contributed by atoms with E-state index in [0.29, 0.717) is 55.0 Å². The van der Waals surface area contributed by atoms with Crippen LogP contribution in [0.2, 0.25) is 0 Å². The summed E-state index contributed by atoms with van der Waals surface area (Å²) in [5, 5.41) is 22.1. The highest BCUT2D eigenvalue weighted by molar-refractivity contribution is 5.67. The first-order valence-corrected chi connectivity index (χ1v) is 17.2. The monoisotopic (exact) mass is 670 g/mol. The van der Waals surface area contributed by atoms with Gasteiger partial charge in [-0.1, -0.05) is 6.07 Å². The highest BCUT2D eigenvalue weighted by Gasteiger charge is 2.29. The Labute approximate surface area is 287 Å². The van der Waals surface area contributed by atoms with Crippen molar-refractivity contribution in [2.24, 2.45) is 0 Å². The summed E-state index contributed by atoms with van der Waals surface area (Å²) in [6.07, 6.45) is 13.8. The molecule has 1 N–H and O–H groups in total. The Hall–Kier alpha value is -4.58. The highest BCUT2D eigenvalue weighted by atomic mass is 16.5. The fourth-order valence-electron chi connectivity index (χ4n) is 6.33. The molecule has 2 aliphatic rings. The summed E-state index contributed by atoms with van der Waals surface area (Å²) >= 11 is 0. The zero-order valence-corrected chi connectivity index (χ0v) is 28.6. The Morgan fingerprint density at radius 1 is 1.02 bits per heavy atom. The second-order valence-corrected chi connectivity index (χ2v) is 12.8. The third-order valence-corrected chi connectivity index (χ3v) is 8.85. The van der Waals surface area contributed by atoms with Crippen LogP contribution in [0.5, 0.6) is 11.6 Å². The lowest BCUT2D eigenvalue weighted by atomic mass is 9.90. The number of morpholine rings is 1. The van der Waals surface area contributed by atoms with Gasteiger partial charge in [0.15, 0.2) is 0 Å². The Kier molecular flexibility index (Phi) is 11.7. The maximum Gasteiger partial charge on any atom is 0.256 e. The predicted octanol–water partition coefficient (Wildman–Crippen LogP) is 5.02. The minimum Gasteiger partial charge on any atom is -0.487 e. The van der Waals surface area contributed by atoms with Crippen molar-refractivity contribution >= 4 is 11.6 Å². The second-order valence-electron chi connectivity index (χ2n) is 12.8. The molecule has 3 aromatic heterocycles. The zero-order valence-electron chi connectivity index (χ0n) is 28.6. The number of nitrogens with zero attached hydrogens (tertiary/aromatic N) is 9. The molecule has 1 saturated heterocycles. The Bertz CT molecular complexity index is 1640. The first kappa shape index (κ1) is 34.3. The summed E-state index contributed by atoms with van der Waals surface area (Å²) in [5.74, 6) is 1.45. The molecular formula is C35H46N10O4. The average Bonchev–Trinajstić information content (AvgIpc) is 3.78. The van der Waals surface area contributed by atoms with Crippen LogP contribution in [0.4, 0.5) is 11.6 Å². The molecule has 0 amide bonds. The van der Waals surface area contributed by atoms with Gasteiger partial charge in [0.05, 0.1) is 56.9 Å². The zero-order chi connectivity index (χ0) is 34.0. The Balaban J connectivity index is 1.13. The molecule has 0 bridgehead atoms. The van der Waals surface area contributed by atoms with E-state index in [0.717, 1.165) is 75.2 Å². The van der Waals surface area contributed by atoms with Gasteiger partial charge in [-0.25, -0.2) is 19.6 Å². The molecule has 4 aromatic rings. The SMILES string of the molecule is CC(C)OCCCOc1nn([C@H]2CC[C@H](N3CCOCC3)CC2)cc1Nc1ncc(-c2ccc(C#N)c(O[C@@H](C)Cn3cncn3)c2)cn1. The van der Waals surface area contributed by atoms with Crippen molar-refractivity contribution in [2.75, 3.05) is 44.8 Å².